The number of rotatable bonds is 5. The number of carbonyl (C=O) groups is 3. The summed E-state index contributed by atoms with van der Waals surface area (Å²) in [5.74, 6) is -1.35. The third-order valence-corrected chi connectivity index (χ3v) is 3.37. The lowest BCUT2D eigenvalue weighted by Crippen LogP contribution is -2.34. The van der Waals surface area contributed by atoms with Gasteiger partial charge < -0.3 is 10.4 Å². The van der Waals surface area contributed by atoms with Crippen molar-refractivity contribution in [1.29, 1.82) is 0 Å². The first-order valence-corrected chi connectivity index (χ1v) is 6.41. The van der Waals surface area contributed by atoms with Crippen LogP contribution in [0.3, 0.4) is 0 Å². The Balaban J connectivity index is 2.11. The maximum absolute atomic E-state index is 12.2. The largest absolute Gasteiger partial charge is 0.481 e. The Kier molecular flexibility index (Phi) is 4.02. The topological polar surface area (TPSA) is 86.7 Å². The zero-order valence-corrected chi connectivity index (χ0v) is 11.1. The quantitative estimate of drug-likeness (QED) is 0.798. The normalized spacial score (nSPS) is 19.9. The third kappa shape index (κ3) is 2.79. The molecule has 1 fully saturated rings. The maximum atomic E-state index is 12.2. The highest BCUT2D eigenvalue weighted by atomic mass is 16.4. The molecule has 2 atom stereocenters. The van der Waals surface area contributed by atoms with Gasteiger partial charge in [0.2, 0.25) is 0 Å². The Morgan fingerprint density at radius 1 is 1.35 bits per heavy atom. The summed E-state index contributed by atoms with van der Waals surface area (Å²) >= 11 is 0. The Morgan fingerprint density at radius 3 is 2.60 bits per heavy atom. The van der Waals surface area contributed by atoms with Gasteiger partial charge in [0, 0.05) is 6.42 Å². The van der Waals surface area contributed by atoms with Gasteiger partial charge in [-0.15, -0.1) is 0 Å². The van der Waals surface area contributed by atoms with Crippen molar-refractivity contribution >= 4 is 17.9 Å². The highest BCUT2D eigenvalue weighted by Crippen LogP contribution is 2.25. The predicted molar refractivity (Wildman–Crippen MR) is 70.9 cm³/mol. The predicted octanol–water partition coefficient (Wildman–Crippen LogP) is 1.53. The number of carboxylic acids is 1. The number of nitrogens with one attached hydrogen (secondary N) is 1. The molecule has 0 spiro atoms. The summed E-state index contributed by atoms with van der Waals surface area (Å²) in [5, 5.41) is 11.2. The number of benzene rings is 1. The van der Waals surface area contributed by atoms with Gasteiger partial charge in [0.25, 0.3) is 5.91 Å². The second-order valence-corrected chi connectivity index (χ2v) is 4.73. The lowest BCUT2D eigenvalue weighted by atomic mass is 10.1. The molecule has 2 N–H and O–H groups in total. The number of nitrogens with zero attached hydrogens (tertiary/aromatic N) is 1. The van der Waals surface area contributed by atoms with Crippen molar-refractivity contribution in [2.45, 2.75) is 31.8 Å². The molecule has 3 amide bonds. The van der Waals surface area contributed by atoms with Crippen molar-refractivity contribution in [2.75, 3.05) is 0 Å². The van der Waals surface area contributed by atoms with Crippen LogP contribution in [0.5, 0.6) is 0 Å². The molecule has 0 bridgehead atoms. The fourth-order valence-corrected chi connectivity index (χ4v) is 2.26. The summed E-state index contributed by atoms with van der Waals surface area (Å²) in [4.78, 5) is 35.8. The van der Waals surface area contributed by atoms with Crippen LogP contribution in [0, 0.1) is 0 Å². The van der Waals surface area contributed by atoms with Crippen LogP contribution in [0.15, 0.2) is 30.3 Å². The van der Waals surface area contributed by atoms with E-state index < -0.39 is 18.0 Å². The Labute approximate surface area is 116 Å². The molecule has 20 heavy (non-hydrogen) atoms. The van der Waals surface area contributed by atoms with Crippen molar-refractivity contribution in [2.24, 2.45) is 0 Å². The summed E-state index contributed by atoms with van der Waals surface area (Å²) in [6.07, 6.45) is -0.0395. The molecular formula is C14H16N2O4. The lowest BCUT2D eigenvalue weighted by Gasteiger charge is -2.21. The minimum absolute atomic E-state index is 0.109. The highest BCUT2D eigenvalue weighted by molar-refractivity contribution is 6.04. The second kappa shape index (κ2) is 5.73. The minimum Gasteiger partial charge on any atom is -0.481 e. The van der Waals surface area contributed by atoms with Gasteiger partial charge in [0.05, 0.1) is 6.04 Å². The van der Waals surface area contributed by atoms with E-state index in [1.54, 1.807) is 6.92 Å². The van der Waals surface area contributed by atoms with Crippen LogP contribution in [0.25, 0.3) is 0 Å². The van der Waals surface area contributed by atoms with Crippen LogP contribution < -0.4 is 5.32 Å². The van der Waals surface area contributed by atoms with E-state index in [2.05, 4.69) is 5.32 Å². The van der Waals surface area contributed by atoms with Gasteiger partial charge in [-0.2, -0.15) is 0 Å². The monoisotopic (exact) mass is 276 g/mol. The zero-order chi connectivity index (χ0) is 14.7. The first-order valence-electron chi connectivity index (χ1n) is 6.41. The number of carboxylic acid groups (broad SMARTS) is 1. The van der Waals surface area contributed by atoms with E-state index in [0.29, 0.717) is 0 Å². The van der Waals surface area contributed by atoms with Crippen LogP contribution in [0.2, 0.25) is 0 Å². The molecule has 1 aliphatic heterocycles. The molecule has 0 saturated carbocycles. The van der Waals surface area contributed by atoms with Gasteiger partial charge >= 0.3 is 12.0 Å². The number of carbonyl (C=O) groups excluding carboxylic acids is 2. The molecule has 0 radical (unpaired) electrons. The van der Waals surface area contributed by atoms with Crippen molar-refractivity contribution < 1.29 is 19.5 Å². The fraction of sp³-hybridized carbons (Fsp3) is 0.357. The van der Waals surface area contributed by atoms with Gasteiger partial charge in [-0.3, -0.25) is 14.5 Å². The van der Waals surface area contributed by atoms with E-state index in [-0.39, 0.29) is 24.8 Å². The SMILES string of the molecule is C[C@H](c1ccccc1)N1C(=O)N[C@@H](CCC(=O)O)C1=O. The Bertz CT molecular complexity index is 529. The smallest absolute Gasteiger partial charge is 0.325 e. The molecular weight excluding hydrogens is 260 g/mol. The summed E-state index contributed by atoms with van der Waals surface area (Å²) in [6, 6.07) is 7.63. The molecule has 1 heterocycles. The van der Waals surface area contributed by atoms with Crippen LogP contribution in [-0.2, 0) is 9.59 Å². The first kappa shape index (κ1) is 14.0. The van der Waals surface area contributed by atoms with E-state index in [1.165, 1.54) is 0 Å². The van der Waals surface area contributed by atoms with Crippen molar-refractivity contribution in [3.63, 3.8) is 0 Å². The van der Waals surface area contributed by atoms with E-state index in [9.17, 15) is 14.4 Å². The van der Waals surface area contributed by atoms with Crippen molar-refractivity contribution in [3.8, 4) is 0 Å². The second-order valence-electron chi connectivity index (χ2n) is 4.73. The summed E-state index contributed by atoms with van der Waals surface area (Å²) < 4.78 is 0. The molecule has 1 saturated heterocycles. The molecule has 6 nitrogen and oxygen atoms in total. The average molecular weight is 276 g/mol. The molecule has 0 unspecified atom stereocenters. The average Bonchev–Trinajstić information content (AvgIpc) is 2.71. The molecule has 1 aromatic carbocycles. The maximum Gasteiger partial charge on any atom is 0.325 e. The summed E-state index contributed by atoms with van der Waals surface area (Å²) in [7, 11) is 0. The van der Waals surface area contributed by atoms with Crippen LogP contribution >= 0.6 is 0 Å². The number of hydrogen-bond donors (Lipinski definition) is 2. The summed E-state index contributed by atoms with van der Waals surface area (Å²) in [6.45, 7) is 1.77. The minimum atomic E-state index is -0.985. The third-order valence-electron chi connectivity index (χ3n) is 3.37. The Hall–Kier alpha value is -2.37. The first-order chi connectivity index (χ1) is 9.50. The number of imide groups is 1. The van der Waals surface area contributed by atoms with Crippen molar-refractivity contribution in [3.05, 3.63) is 35.9 Å². The summed E-state index contributed by atoms with van der Waals surface area (Å²) in [5.41, 5.74) is 0.856. The van der Waals surface area contributed by atoms with Crippen molar-refractivity contribution in [1.82, 2.24) is 10.2 Å². The fourth-order valence-electron chi connectivity index (χ4n) is 2.26. The van der Waals surface area contributed by atoms with Gasteiger partial charge in [-0.25, -0.2) is 4.79 Å². The molecule has 0 aromatic heterocycles. The molecule has 0 aliphatic carbocycles. The van der Waals surface area contributed by atoms with Crippen LogP contribution in [0.1, 0.15) is 31.4 Å². The molecule has 2 rings (SSSR count). The van der Waals surface area contributed by atoms with Gasteiger partial charge in [-0.1, -0.05) is 30.3 Å². The van der Waals surface area contributed by atoms with Gasteiger partial charge in [0.15, 0.2) is 0 Å². The highest BCUT2D eigenvalue weighted by Gasteiger charge is 2.40. The van der Waals surface area contributed by atoms with E-state index in [0.717, 1.165) is 10.5 Å². The number of amides is 3. The molecule has 106 valence electrons. The van der Waals surface area contributed by atoms with Gasteiger partial charge in [0.1, 0.15) is 6.04 Å². The number of aliphatic carboxylic acids is 1. The molecule has 1 aliphatic rings. The van der Waals surface area contributed by atoms with Crippen LogP contribution in [-0.4, -0.2) is 34.0 Å². The van der Waals surface area contributed by atoms with E-state index in [4.69, 9.17) is 5.11 Å². The van der Waals surface area contributed by atoms with Crippen LogP contribution in [0.4, 0.5) is 4.79 Å². The van der Waals surface area contributed by atoms with E-state index in [1.807, 2.05) is 30.3 Å². The standard InChI is InChI=1S/C14H16N2O4/c1-9(10-5-3-2-4-6-10)16-13(19)11(15-14(16)20)7-8-12(17)18/h2-6,9,11H,7-8H2,1H3,(H,15,20)(H,17,18)/t9-,11+/m1/s1. The number of hydrogen-bond acceptors (Lipinski definition) is 3. The molecule has 1 aromatic rings. The number of urea groups is 1. The molecule has 6 heteroatoms. The zero-order valence-electron chi connectivity index (χ0n) is 11.1. The van der Waals surface area contributed by atoms with E-state index >= 15 is 0 Å². The lowest BCUT2D eigenvalue weighted by molar-refractivity contribution is -0.137. The van der Waals surface area contributed by atoms with Gasteiger partial charge in [-0.05, 0) is 18.9 Å². The Morgan fingerprint density at radius 2 is 2.00 bits per heavy atom.